The molecule has 0 saturated carbocycles. The van der Waals surface area contributed by atoms with E-state index in [2.05, 4.69) is 10.1 Å². The molecule has 0 aliphatic carbocycles. The summed E-state index contributed by atoms with van der Waals surface area (Å²) in [4.78, 5) is 17.0. The molecule has 1 unspecified atom stereocenters. The molecule has 2 aromatic heterocycles. The number of fused-ring (bicyclic) bond motifs is 1. The van der Waals surface area contributed by atoms with Gasteiger partial charge in [0.25, 0.3) is 5.91 Å². The molecular weight excluding hydrogens is 289 g/mol. The summed E-state index contributed by atoms with van der Waals surface area (Å²) in [7, 11) is 0. The summed E-state index contributed by atoms with van der Waals surface area (Å²) < 4.78 is 38.4. The number of aliphatic hydroxyl groups is 1. The summed E-state index contributed by atoms with van der Waals surface area (Å²) in [5, 5.41) is 13.0. The highest BCUT2D eigenvalue weighted by Crippen LogP contribution is 2.21. The summed E-state index contributed by atoms with van der Waals surface area (Å²) >= 11 is 0. The van der Waals surface area contributed by atoms with Crippen LogP contribution in [0.25, 0.3) is 5.65 Å². The van der Waals surface area contributed by atoms with Gasteiger partial charge in [-0.15, -0.1) is 0 Å². The molecular formula is C12H13F3N4O2. The van der Waals surface area contributed by atoms with Gasteiger partial charge in [0.15, 0.2) is 17.4 Å². The molecule has 2 rings (SSSR count). The number of halogens is 3. The number of rotatable bonds is 4. The summed E-state index contributed by atoms with van der Waals surface area (Å²) in [5.74, 6) is -0.689. The van der Waals surface area contributed by atoms with Crippen molar-refractivity contribution in [3.63, 3.8) is 0 Å². The smallest absolute Gasteiger partial charge is 0.382 e. The highest BCUT2D eigenvalue weighted by atomic mass is 19.4. The zero-order chi connectivity index (χ0) is 15.6. The number of aliphatic hydroxyl groups excluding tert-OH is 1. The molecule has 0 spiro atoms. The zero-order valence-corrected chi connectivity index (χ0v) is 11.1. The van der Waals surface area contributed by atoms with Crippen LogP contribution in [0.4, 0.5) is 13.2 Å². The molecule has 0 aromatic carbocycles. The monoisotopic (exact) mass is 302 g/mol. The highest BCUT2D eigenvalue weighted by Gasteiger charge is 2.40. The molecule has 0 saturated heterocycles. The van der Waals surface area contributed by atoms with E-state index in [4.69, 9.17) is 5.11 Å². The highest BCUT2D eigenvalue weighted by molar-refractivity contribution is 5.93. The SMILES string of the molecule is CCN(CC(O)C(F)(F)F)C(=O)c1cc2ncccn2n1. The van der Waals surface area contributed by atoms with E-state index in [1.165, 1.54) is 23.7 Å². The molecule has 6 nitrogen and oxygen atoms in total. The van der Waals surface area contributed by atoms with Crippen LogP contribution in [0.3, 0.4) is 0 Å². The third kappa shape index (κ3) is 3.30. The van der Waals surface area contributed by atoms with E-state index in [9.17, 15) is 18.0 Å². The molecule has 0 aliphatic heterocycles. The maximum absolute atomic E-state index is 12.4. The lowest BCUT2D eigenvalue weighted by Gasteiger charge is -2.24. The lowest BCUT2D eigenvalue weighted by molar-refractivity contribution is -0.206. The lowest BCUT2D eigenvalue weighted by atomic mass is 10.3. The third-order valence-corrected chi connectivity index (χ3v) is 2.90. The fourth-order valence-electron chi connectivity index (χ4n) is 1.76. The quantitative estimate of drug-likeness (QED) is 0.918. The van der Waals surface area contributed by atoms with Gasteiger partial charge in [0.1, 0.15) is 0 Å². The van der Waals surface area contributed by atoms with Crippen LogP contribution in [0, 0.1) is 0 Å². The number of hydrogen-bond acceptors (Lipinski definition) is 4. The Balaban J connectivity index is 2.19. The number of alkyl halides is 3. The Morgan fingerprint density at radius 3 is 2.81 bits per heavy atom. The maximum Gasteiger partial charge on any atom is 0.416 e. The second kappa shape index (κ2) is 5.68. The Labute approximate surface area is 117 Å². The fraction of sp³-hybridized carbons (Fsp3) is 0.417. The number of aromatic nitrogens is 3. The molecule has 2 heterocycles. The van der Waals surface area contributed by atoms with Crippen molar-refractivity contribution in [2.24, 2.45) is 0 Å². The fourth-order valence-corrected chi connectivity index (χ4v) is 1.76. The summed E-state index contributed by atoms with van der Waals surface area (Å²) in [6.07, 6.45) is -4.28. The van der Waals surface area contributed by atoms with E-state index >= 15 is 0 Å². The van der Waals surface area contributed by atoms with Crippen molar-refractivity contribution in [2.45, 2.75) is 19.2 Å². The van der Waals surface area contributed by atoms with Crippen LogP contribution >= 0.6 is 0 Å². The number of amides is 1. The van der Waals surface area contributed by atoms with Gasteiger partial charge in [-0.1, -0.05) is 0 Å². The van der Waals surface area contributed by atoms with E-state index in [1.54, 1.807) is 12.3 Å². The van der Waals surface area contributed by atoms with Gasteiger partial charge in [0.05, 0.1) is 6.54 Å². The normalized spacial score (nSPS) is 13.4. The van der Waals surface area contributed by atoms with Gasteiger partial charge < -0.3 is 10.0 Å². The largest absolute Gasteiger partial charge is 0.416 e. The summed E-state index contributed by atoms with van der Waals surface area (Å²) in [6.45, 7) is 0.711. The second-order valence-electron chi connectivity index (χ2n) is 4.35. The van der Waals surface area contributed by atoms with Crippen molar-refractivity contribution in [3.8, 4) is 0 Å². The molecule has 0 radical (unpaired) electrons. The van der Waals surface area contributed by atoms with Crippen LogP contribution in [0.1, 0.15) is 17.4 Å². The molecule has 9 heteroatoms. The van der Waals surface area contributed by atoms with E-state index in [1.807, 2.05) is 0 Å². The molecule has 0 bridgehead atoms. The number of carbonyl (C=O) groups is 1. The van der Waals surface area contributed by atoms with Crippen LogP contribution in [0.5, 0.6) is 0 Å². The van der Waals surface area contributed by atoms with Gasteiger partial charge in [-0.2, -0.15) is 18.3 Å². The van der Waals surface area contributed by atoms with E-state index in [0.717, 1.165) is 4.90 Å². The van der Waals surface area contributed by atoms with E-state index in [0.29, 0.717) is 5.65 Å². The number of likely N-dealkylation sites (N-methyl/N-ethyl adjacent to an activating group) is 1. The lowest BCUT2D eigenvalue weighted by Crippen LogP contribution is -2.43. The topological polar surface area (TPSA) is 70.7 Å². The summed E-state index contributed by atoms with van der Waals surface area (Å²) in [5.41, 5.74) is 0.387. The minimum absolute atomic E-state index is 0.0211. The molecule has 1 N–H and O–H groups in total. The molecule has 2 aromatic rings. The Morgan fingerprint density at radius 1 is 1.52 bits per heavy atom. The van der Waals surface area contributed by atoms with Gasteiger partial charge in [-0.05, 0) is 13.0 Å². The predicted molar refractivity (Wildman–Crippen MR) is 66.6 cm³/mol. The van der Waals surface area contributed by atoms with E-state index < -0.39 is 24.7 Å². The first kappa shape index (κ1) is 15.2. The van der Waals surface area contributed by atoms with Crippen molar-refractivity contribution >= 4 is 11.6 Å². The average Bonchev–Trinajstić information content (AvgIpc) is 2.86. The Morgan fingerprint density at radius 2 is 2.24 bits per heavy atom. The molecule has 21 heavy (non-hydrogen) atoms. The number of hydrogen-bond donors (Lipinski definition) is 1. The van der Waals surface area contributed by atoms with Crippen molar-refractivity contribution in [2.75, 3.05) is 13.1 Å². The van der Waals surface area contributed by atoms with Crippen LogP contribution in [-0.4, -0.2) is 55.9 Å². The van der Waals surface area contributed by atoms with Gasteiger partial charge in [0.2, 0.25) is 0 Å². The van der Waals surface area contributed by atoms with Crippen molar-refractivity contribution in [3.05, 3.63) is 30.2 Å². The Kier molecular flexibility index (Phi) is 4.12. The average molecular weight is 302 g/mol. The Hall–Kier alpha value is -2.16. The Bertz CT molecular complexity index is 608. The second-order valence-corrected chi connectivity index (χ2v) is 4.35. The van der Waals surface area contributed by atoms with Gasteiger partial charge >= 0.3 is 6.18 Å². The standard InChI is InChI=1S/C12H13F3N4O2/c1-2-18(7-9(20)12(13,14)15)11(21)8-6-10-16-4-3-5-19(10)17-8/h3-6,9,20H,2,7H2,1H3. The zero-order valence-electron chi connectivity index (χ0n) is 11.1. The molecule has 1 amide bonds. The molecule has 1 atom stereocenters. The first-order valence-corrected chi connectivity index (χ1v) is 6.17. The third-order valence-electron chi connectivity index (χ3n) is 2.90. The molecule has 114 valence electrons. The van der Waals surface area contributed by atoms with Crippen LogP contribution in [-0.2, 0) is 0 Å². The summed E-state index contributed by atoms with van der Waals surface area (Å²) in [6, 6.07) is 2.99. The van der Waals surface area contributed by atoms with Crippen molar-refractivity contribution in [1.82, 2.24) is 19.5 Å². The first-order valence-electron chi connectivity index (χ1n) is 6.17. The van der Waals surface area contributed by atoms with Crippen molar-refractivity contribution < 1.29 is 23.1 Å². The number of nitrogens with zero attached hydrogens (tertiary/aromatic N) is 4. The minimum atomic E-state index is -4.77. The van der Waals surface area contributed by atoms with Crippen LogP contribution in [0.15, 0.2) is 24.5 Å². The predicted octanol–water partition coefficient (Wildman–Crippen LogP) is 1.11. The molecule has 0 fully saturated rings. The first-order chi connectivity index (χ1) is 9.82. The minimum Gasteiger partial charge on any atom is -0.382 e. The van der Waals surface area contributed by atoms with Crippen LogP contribution < -0.4 is 0 Å². The van der Waals surface area contributed by atoms with Crippen LogP contribution in [0.2, 0.25) is 0 Å². The van der Waals surface area contributed by atoms with Gasteiger partial charge in [-0.3, -0.25) is 4.79 Å². The molecule has 0 aliphatic rings. The van der Waals surface area contributed by atoms with Crippen molar-refractivity contribution in [1.29, 1.82) is 0 Å². The number of carbonyl (C=O) groups excluding carboxylic acids is 1. The van der Waals surface area contributed by atoms with E-state index in [-0.39, 0.29) is 12.2 Å². The van der Waals surface area contributed by atoms with Gasteiger partial charge in [0, 0.05) is 25.0 Å². The maximum atomic E-state index is 12.4. The van der Waals surface area contributed by atoms with Gasteiger partial charge in [-0.25, -0.2) is 9.50 Å².